The third kappa shape index (κ3) is 2.86. The van der Waals surface area contributed by atoms with Crippen LogP contribution in [-0.2, 0) is 5.41 Å². The predicted molar refractivity (Wildman–Crippen MR) is 83.3 cm³/mol. The van der Waals surface area contributed by atoms with Crippen LogP contribution >= 0.6 is 0 Å². The first-order valence-electron chi connectivity index (χ1n) is 8.05. The van der Waals surface area contributed by atoms with Gasteiger partial charge in [0, 0.05) is 11.5 Å². The van der Waals surface area contributed by atoms with E-state index in [4.69, 9.17) is 5.73 Å². The molecule has 0 aromatic heterocycles. The Balaban J connectivity index is 2.34. The maximum atomic E-state index is 6.78. The zero-order chi connectivity index (χ0) is 13.7. The van der Waals surface area contributed by atoms with E-state index in [1.54, 1.807) is 0 Å². The summed E-state index contributed by atoms with van der Waals surface area (Å²) in [6.07, 6.45) is 9.00. The quantitative estimate of drug-likeness (QED) is 0.818. The van der Waals surface area contributed by atoms with E-state index in [1.807, 2.05) is 0 Å². The summed E-state index contributed by atoms with van der Waals surface area (Å²) in [5.74, 6) is 0.651. The van der Waals surface area contributed by atoms with Gasteiger partial charge in [0.05, 0.1) is 0 Å². The molecule has 1 aliphatic rings. The molecule has 0 spiro atoms. The summed E-state index contributed by atoms with van der Waals surface area (Å²) in [5.41, 5.74) is 8.49. The van der Waals surface area contributed by atoms with Crippen molar-refractivity contribution in [3.05, 3.63) is 35.9 Å². The highest BCUT2D eigenvalue weighted by molar-refractivity contribution is 5.28. The molecule has 0 aliphatic heterocycles. The fourth-order valence-electron chi connectivity index (χ4n) is 4.01. The molecule has 1 heteroatoms. The number of rotatable bonds is 5. The summed E-state index contributed by atoms with van der Waals surface area (Å²) in [5, 5.41) is 0. The molecule has 1 aromatic carbocycles. The molecule has 1 aliphatic carbocycles. The summed E-state index contributed by atoms with van der Waals surface area (Å²) in [7, 11) is 0. The summed E-state index contributed by atoms with van der Waals surface area (Å²) in [6, 6.07) is 11.4. The molecule has 1 nitrogen and oxygen atoms in total. The number of nitrogens with two attached hydrogens (primary N) is 1. The summed E-state index contributed by atoms with van der Waals surface area (Å²) < 4.78 is 0. The molecule has 0 amide bonds. The van der Waals surface area contributed by atoms with Gasteiger partial charge in [-0.1, -0.05) is 76.3 Å². The van der Waals surface area contributed by atoms with Crippen LogP contribution in [0.4, 0.5) is 0 Å². The van der Waals surface area contributed by atoms with Gasteiger partial charge in [-0.25, -0.2) is 0 Å². The first kappa shape index (κ1) is 14.6. The maximum Gasteiger partial charge on any atom is 0.0165 e. The predicted octanol–water partition coefficient (Wildman–Crippen LogP) is 4.65. The molecular weight excluding hydrogens is 230 g/mol. The van der Waals surface area contributed by atoms with Crippen LogP contribution in [0.15, 0.2) is 30.3 Å². The Hall–Kier alpha value is -0.820. The molecule has 0 saturated heterocycles. The second kappa shape index (κ2) is 6.56. The van der Waals surface area contributed by atoms with Gasteiger partial charge in [-0.15, -0.1) is 0 Å². The van der Waals surface area contributed by atoms with Crippen molar-refractivity contribution in [2.45, 2.75) is 70.3 Å². The first-order chi connectivity index (χ1) is 9.24. The summed E-state index contributed by atoms with van der Waals surface area (Å²) >= 11 is 0. The van der Waals surface area contributed by atoms with Crippen molar-refractivity contribution < 1.29 is 0 Å². The average Bonchev–Trinajstić information content (AvgIpc) is 2.50. The van der Waals surface area contributed by atoms with Crippen LogP contribution in [0.3, 0.4) is 0 Å². The third-order valence-corrected chi connectivity index (χ3v) is 5.29. The number of hydrogen-bond donors (Lipinski definition) is 1. The molecule has 19 heavy (non-hydrogen) atoms. The lowest BCUT2D eigenvalue weighted by molar-refractivity contribution is 0.186. The van der Waals surface area contributed by atoms with Gasteiger partial charge in [-0.3, -0.25) is 0 Å². The minimum Gasteiger partial charge on any atom is -0.327 e. The SMILES string of the molecule is CCC(CC)C(N)C1(c2ccccc2)CCCCC1. The van der Waals surface area contributed by atoms with Gasteiger partial charge in [0.2, 0.25) is 0 Å². The van der Waals surface area contributed by atoms with Crippen molar-refractivity contribution in [1.29, 1.82) is 0 Å². The zero-order valence-electron chi connectivity index (χ0n) is 12.6. The molecule has 106 valence electrons. The fourth-order valence-corrected chi connectivity index (χ4v) is 4.01. The molecule has 0 heterocycles. The second-order valence-corrected chi connectivity index (χ2v) is 6.19. The number of benzene rings is 1. The van der Waals surface area contributed by atoms with Crippen LogP contribution in [0.5, 0.6) is 0 Å². The van der Waals surface area contributed by atoms with Crippen molar-refractivity contribution in [2.75, 3.05) is 0 Å². The van der Waals surface area contributed by atoms with Crippen molar-refractivity contribution in [3.8, 4) is 0 Å². The standard InChI is InChI=1S/C18H29N/c1-3-15(4-2)17(19)18(13-9-6-10-14-18)16-11-7-5-8-12-16/h5,7-8,11-12,15,17H,3-4,6,9-10,13-14,19H2,1-2H3. The van der Waals surface area contributed by atoms with Crippen molar-refractivity contribution in [1.82, 2.24) is 0 Å². The van der Waals surface area contributed by atoms with Crippen molar-refractivity contribution >= 4 is 0 Å². The van der Waals surface area contributed by atoms with Crippen LogP contribution in [0.1, 0.15) is 64.4 Å². The van der Waals surface area contributed by atoms with Crippen LogP contribution in [-0.4, -0.2) is 6.04 Å². The van der Waals surface area contributed by atoms with E-state index in [1.165, 1.54) is 50.5 Å². The van der Waals surface area contributed by atoms with Gasteiger partial charge in [-0.05, 0) is 24.3 Å². The molecular formula is C18H29N. The molecule has 2 N–H and O–H groups in total. The van der Waals surface area contributed by atoms with Crippen LogP contribution in [0.25, 0.3) is 0 Å². The Kier molecular flexibility index (Phi) is 5.04. The topological polar surface area (TPSA) is 26.0 Å². The highest BCUT2D eigenvalue weighted by atomic mass is 14.7. The average molecular weight is 259 g/mol. The highest BCUT2D eigenvalue weighted by Crippen LogP contribution is 2.44. The Morgan fingerprint density at radius 2 is 1.58 bits per heavy atom. The molecule has 0 radical (unpaired) electrons. The Bertz CT molecular complexity index is 361. The molecule has 1 unspecified atom stereocenters. The molecule has 1 fully saturated rings. The second-order valence-electron chi connectivity index (χ2n) is 6.19. The fraction of sp³-hybridized carbons (Fsp3) is 0.667. The minimum absolute atomic E-state index is 0.232. The van der Waals surface area contributed by atoms with Gasteiger partial charge >= 0.3 is 0 Å². The smallest absolute Gasteiger partial charge is 0.0165 e. The van der Waals surface area contributed by atoms with Crippen molar-refractivity contribution in [3.63, 3.8) is 0 Å². The normalized spacial score (nSPS) is 20.4. The summed E-state index contributed by atoms with van der Waals surface area (Å²) in [6.45, 7) is 4.57. The third-order valence-electron chi connectivity index (χ3n) is 5.29. The Morgan fingerprint density at radius 1 is 1.00 bits per heavy atom. The number of hydrogen-bond acceptors (Lipinski definition) is 1. The van der Waals surface area contributed by atoms with E-state index in [0.29, 0.717) is 12.0 Å². The van der Waals surface area contributed by atoms with E-state index < -0.39 is 0 Å². The van der Waals surface area contributed by atoms with Gasteiger partial charge in [0.25, 0.3) is 0 Å². The van der Waals surface area contributed by atoms with E-state index in [9.17, 15) is 0 Å². The minimum atomic E-state index is 0.232. The zero-order valence-corrected chi connectivity index (χ0v) is 12.6. The highest BCUT2D eigenvalue weighted by Gasteiger charge is 2.41. The van der Waals surface area contributed by atoms with Gasteiger partial charge in [0.15, 0.2) is 0 Å². The van der Waals surface area contributed by atoms with Crippen molar-refractivity contribution in [2.24, 2.45) is 11.7 Å². The lowest BCUT2D eigenvalue weighted by Crippen LogP contribution is -2.51. The lowest BCUT2D eigenvalue weighted by Gasteiger charge is -2.45. The van der Waals surface area contributed by atoms with Gasteiger partial charge in [-0.2, -0.15) is 0 Å². The molecule has 1 aromatic rings. The van der Waals surface area contributed by atoms with E-state index >= 15 is 0 Å². The summed E-state index contributed by atoms with van der Waals surface area (Å²) in [4.78, 5) is 0. The molecule has 0 bridgehead atoms. The van der Waals surface area contributed by atoms with Crippen LogP contribution in [0.2, 0.25) is 0 Å². The van der Waals surface area contributed by atoms with Gasteiger partial charge < -0.3 is 5.73 Å². The largest absolute Gasteiger partial charge is 0.327 e. The molecule has 2 rings (SSSR count). The monoisotopic (exact) mass is 259 g/mol. The van der Waals surface area contributed by atoms with E-state index in [0.717, 1.165) is 0 Å². The lowest BCUT2D eigenvalue weighted by atomic mass is 9.61. The maximum absolute atomic E-state index is 6.78. The van der Waals surface area contributed by atoms with Gasteiger partial charge in [0.1, 0.15) is 0 Å². The Morgan fingerprint density at radius 3 is 2.11 bits per heavy atom. The van der Waals surface area contributed by atoms with Crippen LogP contribution < -0.4 is 5.73 Å². The molecule has 1 saturated carbocycles. The van der Waals surface area contributed by atoms with Crippen LogP contribution in [0, 0.1) is 5.92 Å². The first-order valence-corrected chi connectivity index (χ1v) is 8.05. The molecule has 1 atom stereocenters. The Labute approximate surface area is 118 Å². The van der Waals surface area contributed by atoms with E-state index in [-0.39, 0.29) is 5.41 Å². The van der Waals surface area contributed by atoms with E-state index in [2.05, 4.69) is 44.2 Å².